The number of amides is 1. The maximum Gasteiger partial charge on any atom is 0.425 e. The highest BCUT2D eigenvalue weighted by Gasteiger charge is 2.39. The van der Waals surface area contributed by atoms with Crippen molar-refractivity contribution in [1.82, 2.24) is 20.6 Å². The first-order valence-corrected chi connectivity index (χ1v) is 10.5. The second-order valence-corrected chi connectivity index (χ2v) is 8.78. The van der Waals surface area contributed by atoms with Gasteiger partial charge in [0, 0.05) is 12.6 Å². The maximum atomic E-state index is 15.1. The summed E-state index contributed by atoms with van der Waals surface area (Å²) in [7, 11) is 1.60. The SMILES string of the molecule is Cc1n[nH]c(Cl)c1NC(=O)c1cc(F)c(C2C=C(C(C)(C)O)N(C)N2)cc1O[C@@H](C)C(F)(F)F. The quantitative estimate of drug-likeness (QED) is 0.438. The van der Waals surface area contributed by atoms with Gasteiger partial charge < -0.3 is 20.2 Å². The van der Waals surface area contributed by atoms with E-state index < -0.39 is 47.0 Å². The third-order valence-corrected chi connectivity index (χ3v) is 5.50. The van der Waals surface area contributed by atoms with E-state index in [1.807, 2.05) is 0 Å². The molecule has 1 amide bonds. The minimum atomic E-state index is -4.73. The number of hydrazine groups is 1. The van der Waals surface area contributed by atoms with Crippen LogP contribution in [-0.4, -0.2) is 51.1 Å². The number of nitrogens with one attached hydrogen (secondary N) is 3. The molecule has 34 heavy (non-hydrogen) atoms. The van der Waals surface area contributed by atoms with Gasteiger partial charge in [-0.25, -0.2) is 9.82 Å². The van der Waals surface area contributed by atoms with Crippen LogP contribution in [-0.2, 0) is 0 Å². The van der Waals surface area contributed by atoms with E-state index in [9.17, 15) is 23.1 Å². The number of aromatic amines is 1. The molecule has 8 nitrogen and oxygen atoms in total. The fourth-order valence-electron chi connectivity index (χ4n) is 3.43. The van der Waals surface area contributed by atoms with Crippen LogP contribution >= 0.6 is 11.6 Å². The first-order valence-electron chi connectivity index (χ1n) is 10.1. The zero-order chi connectivity index (χ0) is 25.6. The number of alkyl halides is 3. The van der Waals surface area contributed by atoms with Crippen molar-refractivity contribution in [3.05, 3.63) is 51.7 Å². The van der Waals surface area contributed by atoms with Crippen LogP contribution < -0.4 is 15.5 Å². The minimum absolute atomic E-state index is 0.00320. The van der Waals surface area contributed by atoms with Gasteiger partial charge in [-0.2, -0.15) is 18.3 Å². The molecular formula is C21H24ClF4N5O3. The summed E-state index contributed by atoms with van der Waals surface area (Å²) in [5.74, 6) is -2.29. The number of hydrogen-bond acceptors (Lipinski definition) is 6. The van der Waals surface area contributed by atoms with Crippen molar-refractivity contribution in [2.24, 2.45) is 0 Å². The zero-order valence-electron chi connectivity index (χ0n) is 18.9. The zero-order valence-corrected chi connectivity index (χ0v) is 19.7. The van der Waals surface area contributed by atoms with Crippen LogP contribution in [0, 0.1) is 12.7 Å². The molecule has 1 unspecified atom stereocenters. The number of halogens is 5. The number of ether oxygens (including phenoxy) is 1. The lowest BCUT2D eigenvalue weighted by molar-refractivity contribution is -0.189. The lowest BCUT2D eigenvalue weighted by Gasteiger charge is -2.26. The molecule has 2 atom stereocenters. The fourth-order valence-corrected chi connectivity index (χ4v) is 3.65. The number of aliphatic hydroxyl groups is 1. The highest BCUT2D eigenvalue weighted by atomic mass is 35.5. The molecule has 2 heterocycles. The Kier molecular flexibility index (Phi) is 6.89. The van der Waals surface area contributed by atoms with Gasteiger partial charge in [-0.1, -0.05) is 11.6 Å². The Morgan fingerprint density at radius 2 is 2.00 bits per heavy atom. The summed E-state index contributed by atoms with van der Waals surface area (Å²) in [5, 5.41) is 20.5. The van der Waals surface area contributed by atoms with E-state index in [1.54, 1.807) is 14.0 Å². The maximum absolute atomic E-state index is 15.1. The van der Waals surface area contributed by atoms with Gasteiger partial charge in [0.1, 0.15) is 22.4 Å². The number of H-pyrrole nitrogens is 1. The Morgan fingerprint density at radius 3 is 2.50 bits per heavy atom. The molecule has 13 heteroatoms. The molecule has 1 aromatic heterocycles. The normalized spacial score (nSPS) is 17.6. The molecule has 186 valence electrons. The monoisotopic (exact) mass is 505 g/mol. The Bertz CT molecular complexity index is 1110. The molecule has 0 aliphatic carbocycles. The van der Waals surface area contributed by atoms with Gasteiger partial charge in [0.2, 0.25) is 0 Å². The van der Waals surface area contributed by atoms with Gasteiger partial charge in [0.05, 0.1) is 28.6 Å². The number of hydrogen-bond donors (Lipinski definition) is 4. The summed E-state index contributed by atoms with van der Waals surface area (Å²) < 4.78 is 59.8. The number of aryl methyl sites for hydroxylation is 1. The van der Waals surface area contributed by atoms with E-state index in [4.69, 9.17) is 16.3 Å². The lowest BCUT2D eigenvalue weighted by atomic mass is 9.99. The first-order chi connectivity index (χ1) is 15.6. The third kappa shape index (κ3) is 5.29. The fraction of sp³-hybridized carbons (Fsp3) is 0.429. The van der Waals surface area contributed by atoms with Crippen molar-refractivity contribution < 1.29 is 32.2 Å². The van der Waals surface area contributed by atoms with E-state index >= 15 is 4.39 Å². The van der Waals surface area contributed by atoms with Gasteiger partial charge in [0.25, 0.3) is 5.91 Å². The Morgan fingerprint density at radius 1 is 1.35 bits per heavy atom. The van der Waals surface area contributed by atoms with Crippen molar-refractivity contribution in [1.29, 1.82) is 0 Å². The van der Waals surface area contributed by atoms with Crippen LogP contribution in [0.4, 0.5) is 23.2 Å². The third-order valence-electron chi connectivity index (χ3n) is 5.23. The number of benzene rings is 1. The molecule has 1 aliphatic rings. The number of rotatable bonds is 6. The minimum Gasteiger partial charge on any atom is -0.480 e. The first kappa shape index (κ1) is 25.8. The number of carbonyl (C=O) groups excluding carboxylic acids is 1. The highest BCUT2D eigenvalue weighted by Crippen LogP contribution is 2.36. The van der Waals surface area contributed by atoms with Gasteiger partial charge in [0.15, 0.2) is 6.10 Å². The standard InChI is InChI=1S/C21H24ClF4N5O3/c1-9-17(18(22)29-28-9)27-19(32)12-6-13(23)11(7-15(12)34-10(2)21(24,25)26)14-8-16(20(3,4)33)31(5)30-14/h6-8,10,14,30,33H,1-5H3,(H,27,32)(H,28,29)/t10-,14?/m0/s1. The highest BCUT2D eigenvalue weighted by molar-refractivity contribution is 6.33. The predicted molar refractivity (Wildman–Crippen MR) is 117 cm³/mol. The number of likely N-dealkylation sites (N-methyl/N-ethyl adjacent to an activating group) is 1. The average Bonchev–Trinajstić information content (AvgIpc) is 3.25. The van der Waals surface area contributed by atoms with Crippen LogP contribution in [0.3, 0.4) is 0 Å². The molecule has 1 aliphatic heterocycles. The Labute approximate surface area is 197 Å². The van der Waals surface area contributed by atoms with E-state index in [1.165, 1.54) is 24.9 Å². The van der Waals surface area contributed by atoms with Crippen LogP contribution in [0.25, 0.3) is 0 Å². The van der Waals surface area contributed by atoms with Crippen LogP contribution in [0.1, 0.15) is 48.4 Å². The molecule has 0 fully saturated rings. The van der Waals surface area contributed by atoms with Gasteiger partial charge in [-0.3, -0.25) is 9.89 Å². The van der Waals surface area contributed by atoms with E-state index in [2.05, 4.69) is 20.9 Å². The smallest absolute Gasteiger partial charge is 0.425 e. The summed E-state index contributed by atoms with van der Waals surface area (Å²) in [4.78, 5) is 12.9. The summed E-state index contributed by atoms with van der Waals surface area (Å²) in [6, 6.07) is 0.994. The molecule has 0 saturated heterocycles. The summed E-state index contributed by atoms with van der Waals surface area (Å²) in [5.41, 5.74) is 1.95. The van der Waals surface area contributed by atoms with Gasteiger partial charge >= 0.3 is 6.18 Å². The van der Waals surface area contributed by atoms with E-state index in [0.29, 0.717) is 11.4 Å². The topological polar surface area (TPSA) is 103 Å². The van der Waals surface area contributed by atoms with Crippen molar-refractivity contribution in [3.63, 3.8) is 0 Å². The van der Waals surface area contributed by atoms with Crippen LogP contribution in [0.2, 0.25) is 5.15 Å². The molecule has 1 aromatic carbocycles. The second kappa shape index (κ2) is 9.08. The summed E-state index contributed by atoms with van der Waals surface area (Å²) in [6.07, 6.45) is -5.48. The molecule has 3 rings (SSSR count). The number of anilines is 1. The van der Waals surface area contributed by atoms with Crippen molar-refractivity contribution >= 4 is 23.2 Å². The lowest BCUT2D eigenvalue weighted by Crippen LogP contribution is -2.37. The Hall–Kier alpha value is -2.83. The van der Waals surface area contributed by atoms with Crippen molar-refractivity contribution in [2.75, 3.05) is 12.4 Å². The predicted octanol–water partition coefficient (Wildman–Crippen LogP) is 4.24. The molecule has 4 N–H and O–H groups in total. The van der Waals surface area contributed by atoms with Gasteiger partial charge in [-0.05, 0) is 45.9 Å². The summed E-state index contributed by atoms with van der Waals surface area (Å²) >= 11 is 5.94. The van der Waals surface area contributed by atoms with E-state index in [0.717, 1.165) is 19.1 Å². The van der Waals surface area contributed by atoms with Crippen LogP contribution in [0.5, 0.6) is 5.75 Å². The molecular weight excluding hydrogens is 482 g/mol. The molecule has 0 saturated carbocycles. The largest absolute Gasteiger partial charge is 0.480 e. The van der Waals surface area contributed by atoms with Crippen LogP contribution in [0.15, 0.2) is 23.9 Å². The van der Waals surface area contributed by atoms with E-state index in [-0.39, 0.29) is 16.4 Å². The number of aromatic nitrogens is 2. The van der Waals surface area contributed by atoms with Gasteiger partial charge in [-0.15, -0.1) is 0 Å². The molecule has 2 aromatic rings. The number of nitrogens with zero attached hydrogens (tertiary/aromatic N) is 2. The molecule has 0 radical (unpaired) electrons. The Balaban J connectivity index is 2.05. The van der Waals surface area contributed by atoms with Crippen molar-refractivity contribution in [3.8, 4) is 5.75 Å². The average molecular weight is 506 g/mol. The number of carbonyl (C=O) groups is 1. The second-order valence-electron chi connectivity index (χ2n) is 8.40. The van der Waals surface area contributed by atoms with Crippen molar-refractivity contribution in [2.45, 2.75) is 51.6 Å². The molecule has 0 spiro atoms. The molecule has 0 bridgehead atoms. The summed E-state index contributed by atoms with van der Waals surface area (Å²) in [6.45, 7) is 5.38.